The number of likely N-dealkylation sites (N-methyl/N-ethyl adjacent to an activating group) is 1. The molecule has 0 spiro atoms. The molecule has 132 valence electrons. The van der Waals surface area contributed by atoms with Gasteiger partial charge >= 0.3 is 0 Å². The van der Waals surface area contributed by atoms with E-state index in [0.717, 1.165) is 5.56 Å². The Morgan fingerprint density at radius 3 is 2.44 bits per heavy atom. The highest BCUT2D eigenvalue weighted by Gasteiger charge is 2.15. The van der Waals surface area contributed by atoms with Crippen LogP contribution in [-0.4, -0.2) is 37.4 Å². The minimum absolute atomic E-state index is 0.0556. The first-order valence-corrected chi connectivity index (χ1v) is 8.36. The maximum Gasteiger partial charge on any atom is 0.251 e. The van der Waals surface area contributed by atoms with Gasteiger partial charge in [0.05, 0.1) is 6.54 Å². The van der Waals surface area contributed by atoms with Crippen molar-refractivity contribution in [2.24, 2.45) is 0 Å². The summed E-state index contributed by atoms with van der Waals surface area (Å²) in [5, 5.41) is 6.07. The summed E-state index contributed by atoms with van der Waals surface area (Å²) in [6.07, 6.45) is 0. The van der Waals surface area contributed by atoms with Crippen molar-refractivity contribution in [3.63, 3.8) is 0 Å². The Morgan fingerprint density at radius 1 is 1.16 bits per heavy atom. The second-order valence-corrected chi connectivity index (χ2v) is 6.29. The van der Waals surface area contributed by atoms with Crippen molar-refractivity contribution in [3.05, 3.63) is 64.7 Å². The third-order valence-electron chi connectivity index (χ3n) is 4.04. The van der Waals surface area contributed by atoms with Gasteiger partial charge in [0.1, 0.15) is 0 Å². The third kappa shape index (κ3) is 5.31. The first kappa shape index (κ1) is 19.0. The van der Waals surface area contributed by atoms with Crippen LogP contribution in [0, 0.1) is 0 Å². The fourth-order valence-electron chi connectivity index (χ4n) is 2.43. The molecule has 1 atom stereocenters. The topological polar surface area (TPSA) is 61.4 Å². The van der Waals surface area contributed by atoms with Crippen LogP contribution >= 0.6 is 11.6 Å². The number of anilines is 1. The molecule has 2 N–H and O–H groups in total. The molecule has 1 unspecified atom stereocenters. The lowest BCUT2D eigenvalue weighted by Crippen LogP contribution is -2.32. The molecule has 5 nitrogen and oxygen atoms in total. The van der Waals surface area contributed by atoms with Gasteiger partial charge in [-0.15, -0.1) is 0 Å². The molecular formula is C19H22ClN3O2. The molecule has 0 fully saturated rings. The van der Waals surface area contributed by atoms with Crippen LogP contribution in [0.4, 0.5) is 5.69 Å². The Hall–Kier alpha value is -2.37. The fourth-order valence-corrected chi connectivity index (χ4v) is 2.63. The van der Waals surface area contributed by atoms with Crippen LogP contribution in [0.5, 0.6) is 0 Å². The lowest BCUT2D eigenvalue weighted by molar-refractivity contribution is -0.117. The summed E-state index contributed by atoms with van der Waals surface area (Å²) in [5.41, 5.74) is 2.26. The minimum Gasteiger partial charge on any atom is -0.355 e. The number of hydrogen-bond acceptors (Lipinski definition) is 3. The highest BCUT2D eigenvalue weighted by atomic mass is 35.5. The zero-order chi connectivity index (χ0) is 18.4. The molecule has 6 heteroatoms. The van der Waals surface area contributed by atoms with Crippen molar-refractivity contribution in [1.29, 1.82) is 0 Å². The second-order valence-electron chi connectivity index (χ2n) is 5.85. The number of halogens is 1. The molecule has 0 aliphatic heterocycles. The van der Waals surface area contributed by atoms with Gasteiger partial charge < -0.3 is 10.6 Å². The van der Waals surface area contributed by atoms with E-state index in [1.807, 2.05) is 43.1 Å². The van der Waals surface area contributed by atoms with Crippen LogP contribution < -0.4 is 10.6 Å². The van der Waals surface area contributed by atoms with E-state index in [1.54, 1.807) is 31.3 Å². The fraction of sp³-hybridized carbons (Fsp3) is 0.263. The zero-order valence-electron chi connectivity index (χ0n) is 14.5. The summed E-state index contributed by atoms with van der Waals surface area (Å²) in [5.74, 6) is -0.281. The molecule has 0 heterocycles. The van der Waals surface area contributed by atoms with E-state index in [-0.39, 0.29) is 24.4 Å². The average Bonchev–Trinajstić information content (AvgIpc) is 2.60. The average molecular weight is 360 g/mol. The molecule has 0 saturated carbocycles. The minimum atomic E-state index is -0.159. The monoisotopic (exact) mass is 359 g/mol. The Bertz CT molecular complexity index is 747. The molecule has 0 radical (unpaired) electrons. The number of carbonyl (C=O) groups is 2. The van der Waals surface area contributed by atoms with Gasteiger partial charge in [0.25, 0.3) is 5.91 Å². The van der Waals surface area contributed by atoms with Gasteiger partial charge in [0, 0.05) is 29.4 Å². The maximum atomic E-state index is 12.2. The molecule has 0 aliphatic rings. The Labute approximate surface area is 153 Å². The van der Waals surface area contributed by atoms with Gasteiger partial charge in [0.15, 0.2) is 0 Å². The smallest absolute Gasteiger partial charge is 0.251 e. The molecule has 0 bridgehead atoms. The molecule has 2 amide bonds. The van der Waals surface area contributed by atoms with Crippen LogP contribution in [-0.2, 0) is 4.79 Å². The van der Waals surface area contributed by atoms with Crippen molar-refractivity contribution >= 4 is 29.1 Å². The predicted molar refractivity (Wildman–Crippen MR) is 101 cm³/mol. The van der Waals surface area contributed by atoms with E-state index in [4.69, 9.17) is 11.6 Å². The van der Waals surface area contributed by atoms with Gasteiger partial charge in [-0.2, -0.15) is 0 Å². The molecular weight excluding hydrogens is 338 g/mol. The van der Waals surface area contributed by atoms with Gasteiger partial charge in [-0.05, 0) is 55.9 Å². The van der Waals surface area contributed by atoms with Crippen molar-refractivity contribution in [1.82, 2.24) is 10.2 Å². The first-order chi connectivity index (χ1) is 11.9. The van der Waals surface area contributed by atoms with E-state index in [1.165, 1.54) is 0 Å². The molecule has 0 saturated heterocycles. The maximum absolute atomic E-state index is 12.2. The van der Waals surface area contributed by atoms with Crippen molar-refractivity contribution < 1.29 is 9.59 Å². The number of benzene rings is 2. The van der Waals surface area contributed by atoms with Crippen LogP contribution in [0.1, 0.15) is 28.9 Å². The SMILES string of the molecule is CNC(=O)c1ccc(NC(=O)CN(C)C(C)c2cccc(Cl)c2)cc1. The second kappa shape index (κ2) is 8.65. The van der Waals surface area contributed by atoms with E-state index in [0.29, 0.717) is 16.3 Å². The molecule has 2 aromatic carbocycles. The number of amides is 2. The number of rotatable bonds is 6. The summed E-state index contributed by atoms with van der Waals surface area (Å²) in [4.78, 5) is 25.7. The van der Waals surface area contributed by atoms with Crippen molar-refractivity contribution in [2.45, 2.75) is 13.0 Å². The lowest BCUT2D eigenvalue weighted by Gasteiger charge is -2.24. The normalized spacial score (nSPS) is 11.9. The molecule has 25 heavy (non-hydrogen) atoms. The predicted octanol–water partition coefficient (Wildman–Crippen LogP) is 3.33. The number of carbonyl (C=O) groups excluding carboxylic acids is 2. The number of nitrogens with one attached hydrogen (secondary N) is 2. The van der Waals surface area contributed by atoms with Crippen LogP contribution in [0.3, 0.4) is 0 Å². The summed E-state index contributed by atoms with van der Waals surface area (Å²) in [6.45, 7) is 2.27. The van der Waals surface area contributed by atoms with Crippen LogP contribution in [0.15, 0.2) is 48.5 Å². The summed E-state index contributed by atoms with van der Waals surface area (Å²) in [6, 6.07) is 14.4. The summed E-state index contributed by atoms with van der Waals surface area (Å²) in [7, 11) is 3.47. The number of nitrogens with zero attached hydrogens (tertiary/aromatic N) is 1. The quantitative estimate of drug-likeness (QED) is 0.831. The van der Waals surface area contributed by atoms with Crippen molar-refractivity contribution in [2.75, 3.05) is 26.0 Å². The first-order valence-electron chi connectivity index (χ1n) is 7.98. The molecule has 2 aromatic rings. The molecule has 2 rings (SSSR count). The van der Waals surface area contributed by atoms with Gasteiger partial charge in [0.2, 0.25) is 5.91 Å². The Morgan fingerprint density at radius 2 is 1.84 bits per heavy atom. The zero-order valence-corrected chi connectivity index (χ0v) is 15.3. The van der Waals surface area contributed by atoms with Gasteiger partial charge in [-0.25, -0.2) is 0 Å². The highest BCUT2D eigenvalue weighted by molar-refractivity contribution is 6.30. The van der Waals surface area contributed by atoms with Crippen molar-refractivity contribution in [3.8, 4) is 0 Å². The van der Waals surface area contributed by atoms with Gasteiger partial charge in [-0.3, -0.25) is 14.5 Å². The Balaban J connectivity index is 1.94. The highest BCUT2D eigenvalue weighted by Crippen LogP contribution is 2.21. The lowest BCUT2D eigenvalue weighted by atomic mass is 10.1. The van der Waals surface area contributed by atoms with E-state index in [2.05, 4.69) is 10.6 Å². The van der Waals surface area contributed by atoms with E-state index >= 15 is 0 Å². The number of hydrogen-bond donors (Lipinski definition) is 2. The third-order valence-corrected chi connectivity index (χ3v) is 4.28. The Kier molecular flexibility index (Phi) is 6.56. The van der Waals surface area contributed by atoms with E-state index < -0.39 is 0 Å². The van der Waals surface area contributed by atoms with E-state index in [9.17, 15) is 9.59 Å². The summed E-state index contributed by atoms with van der Waals surface area (Å²) >= 11 is 6.03. The van der Waals surface area contributed by atoms with Gasteiger partial charge in [-0.1, -0.05) is 23.7 Å². The largest absolute Gasteiger partial charge is 0.355 e. The summed E-state index contributed by atoms with van der Waals surface area (Å²) < 4.78 is 0. The molecule has 0 aromatic heterocycles. The standard InChI is InChI=1S/C19H22ClN3O2/c1-13(15-5-4-6-16(20)11-15)23(3)12-18(24)22-17-9-7-14(8-10-17)19(25)21-2/h4-11,13H,12H2,1-3H3,(H,21,25)(H,22,24). The molecule has 0 aliphatic carbocycles. The van der Waals surface area contributed by atoms with Crippen LogP contribution in [0.25, 0.3) is 0 Å². The van der Waals surface area contributed by atoms with Crippen LogP contribution in [0.2, 0.25) is 5.02 Å².